The minimum Gasteiger partial charge on any atom is -0.481 e. The number of pyridine rings is 1. The number of carbonyl (C=O) groups is 1. The number of nitrogens with one attached hydrogen (secondary N) is 1. The molecule has 0 amide bonds. The van der Waals surface area contributed by atoms with Gasteiger partial charge in [0.15, 0.2) is 6.29 Å². The van der Waals surface area contributed by atoms with E-state index in [1.54, 1.807) is 6.20 Å². The van der Waals surface area contributed by atoms with Crippen LogP contribution in [0.3, 0.4) is 0 Å². The molecule has 0 radical (unpaired) electrons. The molecule has 0 saturated carbocycles. The Labute approximate surface area is 149 Å². The van der Waals surface area contributed by atoms with E-state index in [0.29, 0.717) is 25.5 Å². The Morgan fingerprint density at radius 1 is 1.44 bits per heavy atom. The molecule has 1 aliphatic rings. The topological polar surface area (TPSA) is 80.7 Å². The number of hydrogen-bond donors (Lipinski definition) is 2. The molecule has 2 N–H and O–H groups in total. The first-order chi connectivity index (χ1) is 12.1. The van der Waals surface area contributed by atoms with Gasteiger partial charge in [0.2, 0.25) is 0 Å². The Balaban J connectivity index is 1.73. The van der Waals surface area contributed by atoms with Crippen molar-refractivity contribution in [1.82, 2.24) is 10.3 Å². The van der Waals surface area contributed by atoms with Gasteiger partial charge >= 0.3 is 5.97 Å². The monoisotopic (exact) mass is 348 g/mol. The van der Waals surface area contributed by atoms with Crippen LogP contribution in [0.2, 0.25) is 0 Å². The van der Waals surface area contributed by atoms with Crippen molar-refractivity contribution < 1.29 is 19.4 Å². The van der Waals surface area contributed by atoms with Crippen LogP contribution in [0, 0.1) is 5.92 Å². The second kappa shape index (κ2) is 11.0. The molecule has 6 heteroatoms. The van der Waals surface area contributed by atoms with Crippen LogP contribution >= 0.6 is 0 Å². The van der Waals surface area contributed by atoms with Gasteiger partial charge < -0.3 is 19.9 Å². The lowest BCUT2D eigenvalue weighted by Crippen LogP contribution is -2.44. The molecule has 1 fully saturated rings. The van der Waals surface area contributed by atoms with Gasteiger partial charge in [-0.15, -0.1) is 0 Å². The Hall–Kier alpha value is -1.76. The van der Waals surface area contributed by atoms with Gasteiger partial charge in [-0.3, -0.25) is 9.78 Å². The smallest absolute Gasteiger partial charge is 0.303 e. The highest BCUT2D eigenvalue weighted by molar-refractivity contribution is 5.66. The highest BCUT2D eigenvalue weighted by Gasteiger charge is 2.28. The molecule has 1 aliphatic heterocycles. The number of rotatable bonds is 10. The number of nitrogens with zero attached hydrogens (tertiary/aromatic N) is 1. The van der Waals surface area contributed by atoms with E-state index >= 15 is 0 Å². The molecule has 0 spiro atoms. The third-order valence-electron chi connectivity index (χ3n) is 4.18. The maximum atomic E-state index is 10.5. The van der Waals surface area contributed by atoms with E-state index in [4.69, 9.17) is 14.6 Å². The van der Waals surface area contributed by atoms with E-state index in [1.807, 2.05) is 25.1 Å². The van der Waals surface area contributed by atoms with Crippen LogP contribution in [0.1, 0.15) is 38.3 Å². The normalized spacial score (nSPS) is 23.8. The summed E-state index contributed by atoms with van der Waals surface area (Å²) in [6, 6.07) is 5.89. The molecule has 3 atom stereocenters. The first kappa shape index (κ1) is 19.6. The van der Waals surface area contributed by atoms with Gasteiger partial charge in [-0.05, 0) is 38.3 Å². The summed E-state index contributed by atoms with van der Waals surface area (Å²) in [5, 5.41) is 12.0. The molecule has 1 aromatic rings. The summed E-state index contributed by atoms with van der Waals surface area (Å²) >= 11 is 0. The van der Waals surface area contributed by atoms with Crippen molar-refractivity contribution in [3.63, 3.8) is 0 Å². The van der Waals surface area contributed by atoms with Gasteiger partial charge in [-0.2, -0.15) is 0 Å². The zero-order valence-corrected chi connectivity index (χ0v) is 14.8. The summed E-state index contributed by atoms with van der Waals surface area (Å²) in [4.78, 5) is 14.8. The van der Waals surface area contributed by atoms with Crippen molar-refractivity contribution in [2.75, 3.05) is 13.2 Å². The summed E-state index contributed by atoms with van der Waals surface area (Å²) in [5.74, 6) is -0.446. The van der Waals surface area contributed by atoms with Crippen LogP contribution in [0.5, 0.6) is 0 Å². The molecule has 25 heavy (non-hydrogen) atoms. The Morgan fingerprint density at radius 3 is 3.08 bits per heavy atom. The van der Waals surface area contributed by atoms with Crippen LogP contribution in [0.15, 0.2) is 36.5 Å². The zero-order valence-electron chi connectivity index (χ0n) is 14.8. The predicted molar refractivity (Wildman–Crippen MR) is 95.0 cm³/mol. The van der Waals surface area contributed by atoms with Crippen LogP contribution in [-0.2, 0) is 20.8 Å². The number of aliphatic carboxylic acids is 1. The predicted octanol–water partition coefficient (Wildman–Crippen LogP) is 2.75. The summed E-state index contributed by atoms with van der Waals surface area (Å²) in [6.45, 7) is 4.07. The average molecular weight is 348 g/mol. The highest BCUT2D eigenvalue weighted by atomic mass is 16.7. The van der Waals surface area contributed by atoms with E-state index in [-0.39, 0.29) is 18.8 Å². The van der Waals surface area contributed by atoms with Crippen molar-refractivity contribution >= 4 is 5.97 Å². The van der Waals surface area contributed by atoms with Gasteiger partial charge in [-0.1, -0.05) is 18.2 Å². The molecule has 0 bridgehead atoms. The van der Waals surface area contributed by atoms with Crippen LogP contribution in [-0.4, -0.2) is 41.6 Å². The number of unbranched alkanes of at least 4 members (excludes halogenated alkanes) is 1. The Bertz CT molecular complexity index is 535. The number of carboxylic acids is 1. The zero-order chi connectivity index (χ0) is 17.9. The lowest BCUT2D eigenvalue weighted by atomic mass is 9.97. The first-order valence-electron chi connectivity index (χ1n) is 8.89. The average Bonchev–Trinajstić information content (AvgIpc) is 2.60. The van der Waals surface area contributed by atoms with E-state index in [9.17, 15) is 4.79 Å². The van der Waals surface area contributed by atoms with Crippen molar-refractivity contribution in [2.45, 2.75) is 51.5 Å². The van der Waals surface area contributed by atoms with Gasteiger partial charge in [0.05, 0.1) is 18.4 Å². The number of hydrogen-bond acceptors (Lipinski definition) is 5. The van der Waals surface area contributed by atoms with Gasteiger partial charge in [0.1, 0.15) is 0 Å². The maximum Gasteiger partial charge on any atom is 0.303 e. The fraction of sp³-hybridized carbons (Fsp3) is 0.579. The number of aromatic nitrogens is 1. The second-order valence-corrected chi connectivity index (χ2v) is 6.28. The molecule has 6 nitrogen and oxygen atoms in total. The number of carboxylic acid groups (broad SMARTS) is 1. The molecule has 0 aliphatic carbocycles. The van der Waals surface area contributed by atoms with E-state index in [2.05, 4.69) is 22.5 Å². The Morgan fingerprint density at radius 2 is 2.32 bits per heavy atom. The molecule has 138 valence electrons. The molecule has 0 unspecified atom stereocenters. The standard InChI is InChI=1S/C19H28N2O4/c1-15-24-14-16(8-4-2-3-5-10-19(22)23)18(25-15)13-20-12-17-9-6-7-11-21-17/h2,4,6-7,9,11,15-16,18,20H,3,5,8,10,12-14H2,1H3,(H,22,23)/t15-,16+,18+/m1/s1. The fourth-order valence-corrected chi connectivity index (χ4v) is 2.80. The lowest BCUT2D eigenvalue weighted by molar-refractivity contribution is -0.225. The van der Waals surface area contributed by atoms with Gasteiger partial charge in [-0.25, -0.2) is 0 Å². The Kier molecular flexibility index (Phi) is 8.59. The van der Waals surface area contributed by atoms with Gasteiger partial charge in [0, 0.05) is 31.6 Å². The largest absolute Gasteiger partial charge is 0.481 e. The van der Waals surface area contributed by atoms with Crippen molar-refractivity contribution in [1.29, 1.82) is 0 Å². The lowest BCUT2D eigenvalue weighted by Gasteiger charge is -2.35. The molecule has 1 saturated heterocycles. The maximum absolute atomic E-state index is 10.5. The molecular weight excluding hydrogens is 320 g/mol. The van der Waals surface area contributed by atoms with E-state index in [1.165, 1.54) is 0 Å². The quantitative estimate of drug-likeness (QED) is 0.500. The van der Waals surface area contributed by atoms with Crippen LogP contribution < -0.4 is 5.32 Å². The van der Waals surface area contributed by atoms with E-state index < -0.39 is 5.97 Å². The molecule has 2 heterocycles. The van der Waals surface area contributed by atoms with Crippen molar-refractivity contribution in [3.8, 4) is 0 Å². The molecule has 1 aromatic heterocycles. The summed E-state index contributed by atoms with van der Waals surface area (Å²) < 4.78 is 11.6. The van der Waals surface area contributed by atoms with E-state index in [0.717, 1.165) is 25.1 Å². The van der Waals surface area contributed by atoms with Crippen LogP contribution in [0.25, 0.3) is 0 Å². The second-order valence-electron chi connectivity index (χ2n) is 6.28. The fourth-order valence-electron chi connectivity index (χ4n) is 2.80. The first-order valence-corrected chi connectivity index (χ1v) is 8.89. The molecule has 0 aromatic carbocycles. The number of ether oxygens (including phenoxy) is 2. The summed E-state index contributed by atoms with van der Waals surface area (Å²) in [5.41, 5.74) is 1.01. The summed E-state index contributed by atoms with van der Waals surface area (Å²) in [7, 11) is 0. The summed E-state index contributed by atoms with van der Waals surface area (Å²) in [6.07, 6.45) is 8.43. The number of allylic oxidation sites excluding steroid dienone is 2. The highest BCUT2D eigenvalue weighted by Crippen LogP contribution is 2.22. The molecular formula is C19H28N2O4. The van der Waals surface area contributed by atoms with Crippen molar-refractivity contribution in [3.05, 3.63) is 42.2 Å². The van der Waals surface area contributed by atoms with Crippen molar-refractivity contribution in [2.24, 2.45) is 5.92 Å². The van der Waals surface area contributed by atoms with Gasteiger partial charge in [0.25, 0.3) is 0 Å². The third-order valence-corrected chi connectivity index (χ3v) is 4.18. The minimum absolute atomic E-state index is 0.0936. The third kappa shape index (κ3) is 7.77. The van der Waals surface area contributed by atoms with Crippen LogP contribution in [0.4, 0.5) is 0 Å². The SMILES string of the molecule is C[C@@H]1OC[C@H](CC=CCCCC(=O)O)[C@H](CNCc2ccccn2)O1. The molecule has 2 rings (SSSR count). The minimum atomic E-state index is -0.740.